The fourth-order valence-electron chi connectivity index (χ4n) is 3.69. The van der Waals surface area contributed by atoms with Gasteiger partial charge in [0, 0.05) is 11.3 Å². The Kier molecular flexibility index (Phi) is 5.42. The number of aryl methyl sites for hydroxylation is 1. The fourth-order valence-corrected chi connectivity index (χ4v) is 4.47. The molecule has 0 aliphatic carbocycles. The zero-order valence-electron chi connectivity index (χ0n) is 17.1. The van der Waals surface area contributed by atoms with Gasteiger partial charge in [0.05, 0.1) is 17.7 Å². The fraction of sp³-hybridized carbons (Fsp3) is 0.250. The first-order valence-corrected chi connectivity index (χ1v) is 11.2. The van der Waals surface area contributed by atoms with Crippen molar-refractivity contribution in [3.63, 3.8) is 0 Å². The molecule has 0 saturated heterocycles. The monoisotopic (exact) mass is 434 g/mol. The minimum atomic E-state index is -0.236. The van der Waals surface area contributed by atoms with Gasteiger partial charge in [-0.3, -0.25) is 4.79 Å². The summed E-state index contributed by atoms with van der Waals surface area (Å²) in [7, 11) is 0. The van der Waals surface area contributed by atoms with Crippen LogP contribution in [0.1, 0.15) is 29.3 Å². The lowest BCUT2D eigenvalue weighted by molar-refractivity contribution is -0.130. The van der Waals surface area contributed by atoms with Crippen LogP contribution in [0.4, 0.5) is 0 Å². The van der Waals surface area contributed by atoms with Gasteiger partial charge in [0.15, 0.2) is 11.5 Å². The maximum absolute atomic E-state index is 13.1. The molecule has 2 aliphatic heterocycles. The van der Waals surface area contributed by atoms with E-state index in [-0.39, 0.29) is 17.7 Å². The number of hydrogen-bond acceptors (Lipinski definition) is 6. The second kappa shape index (κ2) is 8.51. The molecule has 1 unspecified atom stereocenters. The van der Waals surface area contributed by atoms with Crippen molar-refractivity contribution in [1.29, 1.82) is 0 Å². The number of carbonyl (C=O) groups is 1. The second-order valence-corrected chi connectivity index (χ2v) is 8.53. The first-order chi connectivity index (χ1) is 15.2. The lowest BCUT2D eigenvalue weighted by atomic mass is 10.0. The Labute approximate surface area is 184 Å². The van der Waals surface area contributed by atoms with Crippen LogP contribution in [-0.2, 0) is 4.79 Å². The van der Waals surface area contributed by atoms with Gasteiger partial charge in [-0.25, -0.2) is 5.01 Å². The van der Waals surface area contributed by atoms with Gasteiger partial charge in [0.25, 0.3) is 5.91 Å². The van der Waals surface area contributed by atoms with Crippen LogP contribution in [0.25, 0.3) is 0 Å². The predicted molar refractivity (Wildman–Crippen MR) is 119 cm³/mol. The molecule has 0 fully saturated rings. The normalized spacial score (nSPS) is 17.5. The van der Waals surface area contributed by atoms with Gasteiger partial charge in [-0.15, -0.1) is 11.8 Å². The predicted octanol–water partition coefficient (Wildman–Crippen LogP) is 4.83. The van der Waals surface area contributed by atoms with Crippen LogP contribution in [0.2, 0.25) is 0 Å². The molecule has 0 N–H and O–H groups in total. The van der Waals surface area contributed by atoms with Gasteiger partial charge in [-0.05, 0) is 42.8 Å². The summed E-state index contributed by atoms with van der Waals surface area (Å²) in [6.45, 7) is 3.15. The number of ether oxygens (including phenoxy) is 2. The first kappa shape index (κ1) is 19.8. The van der Waals surface area contributed by atoms with Crippen LogP contribution in [0.15, 0.2) is 75.3 Å². The van der Waals surface area contributed by atoms with Crippen molar-refractivity contribution in [1.82, 2.24) is 5.01 Å². The summed E-state index contributed by atoms with van der Waals surface area (Å²) in [5.74, 6) is 2.40. The van der Waals surface area contributed by atoms with Gasteiger partial charge in [-0.1, -0.05) is 29.8 Å². The zero-order valence-corrected chi connectivity index (χ0v) is 17.9. The summed E-state index contributed by atoms with van der Waals surface area (Å²) < 4.78 is 16.8. The number of nitrogens with zero attached hydrogens (tertiary/aromatic N) is 2. The highest BCUT2D eigenvalue weighted by molar-refractivity contribution is 8.00. The SMILES string of the molecule is Cc1ccc(C2=NN(C(=O)CSc3ccc4c(c3)OCCO4)C(c3ccco3)C2)cc1. The molecular formula is C24H22N2O4S. The van der Waals surface area contributed by atoms with Crippen molar-refractivity contribution in [2.45, 2.75) is 24.3 Å². The summed E-state index contributed by atoms with van der Waals surface area (Å²) in [6, 6.07) is 17.5. The number of rotatable bonds is 5. The Morgan fingerprint density at radius 1 is 1.10 bits per heavy atom. The maximum Gasteiger partial charge on any atom is 0.253 e. The van der Waals surface area contributed by atoms with Gasteiger partial charge in [-0.2, -0.15) is 5.10 Å². The molecule has 1 amide bonds. The average molecular weight is 435 g/mol. The Morgan fingerprint density at radius 2 is 1.90 bits per heavy atom. The van der Waals surface area contributed by atoms with Crippen LogP contribution in [0.3, 0.4) is 0 Å². The Hall–Kier alpha value is -3.19. The summed E-state index contributed by atoms with van der Waals surface area (Å²) >= 11 is 1.46. The molecule has 2 aromatic carbocycles. The van der Waals surface area contributed by atoms with Crippen molar-refractivity contribution < 1.29 is 18.7 Å². The van der Waals surface area contributed by atoms with E-state index in [1.165, 1.54) is 17.3 Å². The smallest absolute Gasteiger partial charge is 0.253 e. The van der Waals surface area contributed by atoms with E-state index in [9.17, 15) is 4.79 Å². The minimum absolute atomic E-state index is 0.0663. The minimum Gasteiger partial charge on any atom is -0.486 e. The maximum atomic E-state index is 13.1. The highest BCUT2D eigenvalue weighted by Gasteiger charge is 2.34. The third kappa shape index (κ3) is 4.18. The van der Waals surface area contributed by atoms with Crippen LogP contribution < -0.4 is 9.47 Å². The molecule has 0 spiro atoms. The third-order valence-electron chi connectivity index (χ3n) is 5.30. The van der Waals surface area contributed by atoms with Gasteiger partial charge < -0.3 is 13.9 Å². The van der Waals surface area contributed by atoms with Crippen molar-refractivity contribution in [2.24, 2.45) is 5.10 Å². The zero-order chi connectivity index (χ0) is 21.2. The van der Waals surface area contributed by atoms with Crippen LogP contribution >= 0.6 is 11.8 Å². The van der Waals surface area contributed by atoms with Crippen LogP contribution in [0, 0.1) is 6.92 Å². The molecule has 1 atom stereocenters. The lowest BCUT2D eigenvalue weighted by Gasteiger charge is -2.20. The van der Waals surface area contributed by atoms with E-state index in [1.54, 1.807) is 11.3 Å². The number of fused-ring (bicyclic) bond motifs is 1. The molecule has 0 radical (unpaired) electrons. The summed E-state index contributed by atoms with van der Waals surface area (Å²) in [5.41, 5.74) is 3.10. The Bertz CT molecular complexity index is 1110. The second-order valence-electron chi connectivity index (χ2n) is 7.48. The molecule has 2 aliphatic rings. The number of benzene rings is 2. The number of furan rings is 1. The molecule has 0 bridgehead atoms. The van der Waals surface area contributed by atoms with E-state index in [0.29, 0.717) is 19.6 Å². The van der Waals surface area contributed by atoms with E-state index >= 15 is 0 Å². The highest BCUT2D eigenvalue weighted by atomic mass is 32.2. The Morgan fingerprint density at radius 3 is 2.68 bits per heavy atom. The molecule has 5 rings (SSSR count). The number of hydrazone groups is 1. The van der Waals surface area contributed by atoms with Crippen LogP contribution in [-0.4, -0.2) is 35.6 Å². The van der Waals surface area contributed by atoms with Gasteiger partial charge in [0.1, 0.15) is 25.0 Å². The number of amides is 1. The molecule has 0 saturated carbocycles. The van der Waals surface area contributed by atoms with Gasteiger partial charge >= 0.3 is 0 Å². The van der Waals surface area contributed by atoms with E-state index in [0.717, 1.165) is 33.4 Å². The van der Waals surface area contributed by atoms with E-state index in [1.807, 2.05) is 42.5 Å². The summed E-state index contributed by atoms with van der Waals surface area (Å²) in [6.07, 6.45) is 2.25. The lowest BCUT2D eigenvalue weighted by Crippen LogP contribution is -2.28. The van der Waals surface area contributed by atoms with E-state index in [2.05, 4.69) is 19.1 Å². The molecule has 158 valence electrons. The summed E-state index contributed by atoms with van der Waals surface area (Å²) in [5, 5.41) is 6.26. The third-order valence-corrected chi connectivity index (χ3v) is 6.28. The molecule has 3 aromatic rings. The number of carbonyl (C=O) groups excluding carboxylic acids is 1. The molecular weight excluding hydrogens is 412 g/mol. The van der Waals surface area contributed by atoms with Crippen molar-refractivity contribution in [3.8, 4) is 11.5 Å². The van der Waals surface area contributed by atoms with Crippen LogP contribution in [0.5, 0.6) is 11.5 Å². The van der Waals surface area contributed by atoms with Crippen molar-refractivity contribution in [3.05, 3.63) is 77.7 Å². The standard InChI is InChI=1S/C24H22N2O4S/c1-16-4-6-17(7-5-16)19-14-20(21-3-2-10-28-21)26(25-19)24(27)15-31-18-8-9-22-23(13-18)30-12-11-29-22/h2-10,13,20H,11-12,14-15H2,1H3. The first-order valence-electron chi connectivity index (χ1n) is 10.2. The van der Waals surface area contributed by atoms with Gasteiger partial charge in [0.2, 0.25) is 0 Å². The largest absolute Gasteiger partial charge is 0.486 e. The van der Waals surface area contributed by atoms with Crippen molar-refractivity contribution in [2.75, 3.05) is 19.0 Å². The van der Waals surface area contributed by atoms with Crippen molar-refractivity contribution >= 4 is 23.4 Å². The quantitative estimate of drug-likeness (QED) is 0.538. The topological polar surface area (TPSA) is 64.3 Å². The Balaban J connectivity index is 1.34. The molecule has 3 heterocycles. The average Bonchev–Trinajstić information content (AvgIpc) is 3.48. The number of hydrogen-bond donors (Lipinski definition) is 0. The highest BCUT2D eigenvalue weighted by Crippen LogP contribution is 2.36. The molecule has 1 aromatic heterocycles. The number of thioether (sulfide) groups is 1. The molecule has 6 nitrogen and oxygen atoms in total. The summed E-state index contributed by atoms with van der Waals surface area (Å²) in [4.78, 5) is 14.1. The molecule has 7 heteroatoms. The molecule has 31 heavy (non-hydrogen) atoms. The van der Waals surface area contributed by atoms with E-state index < -0.39 is 0 Å². The van der Waals surface area contributed by atoms with E-state index in [4.69, 9.17) is 19.0 Å².